The van der Waals surface area contributed by atoms with Crippen LogP contribution in [0.2, 0.25) is 0 Å². The van der Waals surface area contributed by atoms with E-state index in [1.807, 2.05) is 18.7 Å². The zero-order valence-corrected chi connectivity index (χ0v) is 11.4. The lowest BCUT2D eigenvalue weighted by molar-refractivity contribution is 0.199. The summed E-state index contributed by atoms with van der Waals surface area (Å²) in [6.45, 7) is 9.89. The normalized spacial score (nSPS) is 12.2. The minimum absolute atomic E-state index is 0.0768. The van der Waals surface area contributed by atoms with Crippen molar-refractivity contribution in [2.75, 3.05) is 13.1 Å². The highest BCUT2D eigenvalue weighted by atomic mass is 16.2. The number of amides is 2. The van der Waals surface area contributed by atoms with Crippen LogP contribution in [0, 0.1) is 0 Å². The number of carbonyl (C=O) groups is 1. The van der Waals surface area contributed by atoms with E-state index in [1.54, 1.807) is 0 Å². The third kappa shape index (κ3) is 6.70. The molecule has 0 aromatic heterocycles. The maximum Gasteiger partial charge on any atom is 0.317 e. The van der Waals surface area contributed by atoms with Crippen LogP contribution in [0.15, 0.2) is 0 Å². The quantitative estimate of drug-likeness (QED) is 0.634. The summed E-state index contributed by atoms with van der Waals surface area (Å²) >= 11 is 0. The Labute approximate surface area is 101 Å². The van der Waals surface area contributed by atoms with Crippen molar-refractivity contribution in [1.29, 1.82) is 0 Å². The molecule has 1 N–H and O–H groups in total. The first kappa shape index (κ1) is 15.3. The Morgan fingerprint density at radius 1 is 1.12 bits per heavy atom. The summed E-state index contributed by atoms with van der Waals surface area (Å²) in [7, 11) is 0. The molecule has 0 heterocycles. The monoisotopic (exact) mass is 228 g/mol. The molecule has 1 atom stereocenters. The zero-order chi connectivity index (χ0) is 12.4. The number of nitrogens with one attached hydrogen (secondary N) is 1. The lowest BCUT2D eigenvalue weighted by Crippen LogP contribution is -2.43. The molecule has 3 heteroatoms. The van der Waals surface area contributed by atoms with Gasteiger partial charge in [-0.05, 0) is 27.2 Å². The standard InChI is InChI=1S/C13H28N2O/c1-5-8-9-10-11-12(4)14-13(16)15(6-2)7-3/h12H,5-11H2,1-4H3,(H,14,16). The Morgan fingerprint density at radius 2 is 1.75 bits per heavy atom. The van der Waals surface area contributed by atoms with Gasteiger partial charge >= 0.3 is 6.03 Å². The Kier molecular flexibility index (Phi) is 9.06. The Balaban J connectivity index is 3.68. The number of rotatable bonds is 8. The first-order valence-corrected chi connectivity index (χ1v) is 6.71. The molecule has 0 fully saturated rings. The minimum atomic E-state index is 0.0768. The average molecular weight is 228 g/mol. The van der Waals surface area contributed by atoms with E-state index in [1.165, 1.54) is 25.7 Å². The average Bonchev–Trinajstić information content (AvgIpc) is 2.26. The summed E-state index contributed by atoms with van der Waals surface area (Å²) in [5.41, 5.74) is 0. The van der Waals surface area contributed by atoms with Gasteiger partial charge in [-0.1, -0.05) is 32.6 Å². The molecule has 96 valence electrons. The van der Waals surface area contributed by atoms with Gasteiger partial charge < -0.3 is 10.2 Å². The summed E-state index contributed by atoms with van der Waals surface area (Å²) < 4.78 is 0. The van der Waals surface area contributed by atoms with Crippen molar-refractivity contribution in [3.05, 3.63) is 0 Å². The fourth-order valence-corrected chi connectivity index (χ4v) is 1.76. The highest BCUT2D eigenvalue weighted by molar-refractivity contribution is 5.74. The third-order valence-electron chi connectivity index (χ3n) is 2.91. The largest absolute Gasteiger partial charge is 0.336 e. The van der Waals surface area contributed by atoms with Gasteiger partial charge in [-0.2, -0.15) is 0 Å². The molecule has 0 aliphatic rings. The van der Waals surface area contributed by atoms with Gasteiger partial charge in [0.1, 0.15) is 0 Å². The van der Waals surface area contributed by atoms with Crippen molar-refractivity contribution in [1.82, 2.24) is 10.2 Å². The van der Waals surface area contributed by atoms with Crippen molar-refractivity contribution in [2.24, 2.45) is 0 Å². The summed E-state index contributed by atoms with van der Waals surface area (Å²) in [5, 5.41) is 3.05. The Bertz CT molecular complexity index is 179. The van der Waals surface area contributed by atoms with Crippen LogP contribution in [-0.2, 0) is 0 Å². The molecule has 0 saturated heterocycles. The molecule has 0 aromatic rings. The van der Waals surface area contributed by atoms with E-state index in [2.05, 4.69) is 19.2 Å². The predicted molar refractivity (Wildman–Crippen MR) is 69.7 cm³/mol. The summed E-state index contributed by atoms with van der Waals surface area (Å²) in [4.78, 5) is 13.5. The molecule has 1 unspecified atom stereocenters. The zero-order valence-electron chi connectivity index (χ0n) is 11.4. The first-order valence-electron chi connectivity index (χ1n) is 6.71. The number of carbonyl (C=O) groups excluding carboxylic acids is 1. The molecule has 0 radical (unpaired) electrons. The number of hydrogen-bond donors (Lipinski definition) is 1. The summed E-state index contributed by atoms with van der Waals surface area (Å²) in [5.74, 6) is 0. The molecule has 3 nitrogen and oxygen atoms in total. The fraction of sp³-hybridized carbons (Fsp3) is 0.923. The number of unbranched alkanes of at least 4 members (excludes halogenated alkanes) is 3. The van der Waals surface area contributed by atoms with Gasteiger partial charge in [-0.3, -0.25) is 0 Å². The maximum absolute atomic E-state index is 11.7. The second-order valence-electron chi connectivity index (χ2n) is 4.37. The fourth-order valence-electron chi connectivity index (χ4n) is 1.76. The van der Waals surface area contributed by atoms with E-state index in [0.29, 0.717) is 6.04 Å². The number of hydrogen-bond acceptors (Lipinski definition) is 1. The molecule has 0 rings (SSSR count). The lowest BCUT2D eigenvalue weighted by atomic mass is 10.1. The van der Waals surface area contributed by atoms with E-state index >= 15 is 0 Å². The first-order chi connectivity index (χ1) is 7.65. The lowest BCUT2D eigenvalue weighted by Gasteiger charge is -2.22. The van der Waals surface area contributed by atoms with E-state index in [4.69, 9.17) is 0 Å². The van der Waals surface area contributed by atoms with Gasteiger partial charge in [0.15, 0.2) is 0 Å². The van der Waals surface area contributed by atoms with Crippen LogP contribution in [-0.4, -0.2) is 30.1 Å². The molecular formula is C13H28N2O. The molecule has 0 bridgehead atoms. The van der Waals surface area contributed by atoms with Crippen molar-refractivity contribution in [3.8, 4) is 0 Å². The second-order valence-corrected chi connectivity index (χ2v) is 4.37. The molecule has 2 amide bonds. The van der Waals surface area contributed by atoms with Gasteiger partial charge in [0, 0.05) is 19.1 Å². The molecule has 0 saturated carbocycles. The minimum Gasteiger partial charge on any atom is -0.336 e. The molecule has 16 heavy (non-hydrogen) atoms. The van der Waals surface area contributed by atoms with Gasteiger partial charge in [-0.15, -0.1) is 0 Å². The second kappa shape index (κ2) is 9.49. The Morgan fingerprint density at radius 3 is 2.25 bits per heavy atom. The molecule has 0 aliphatic heterocycles. The van der Waals surface area contributed by atoms with Crippen molar-refractivity contribution in [3.63, 3.8) is 0 Å². The van der Waals surface area contributed by atoms with Crippen LogP contribution < -0.4 is 5.32 Å². The molecule has 0 aliphatic carbocycles. The van der Waals surface area contributed by atoms with Gasteiger partial charge in [-0.25, -0.2) is 4.79 Å². The smallest absolute Gasteiger partial charge is 0.317 e. The van der Waals surface area contributed by atoms with Crippen LogP contribution in [0.25, 0.3) is 0 Å². The van der Waals surface area contributed by atoms with E-state index in [-0.39, 0.29) is 6.03 Å². The topological polar surface area (TPSA) is 32.3 Å². The highest BCUT2D eigenvalue weighted by Crippen LogP contribution is 2.05. The van der Waals surface area contributed by atoms with Crippen LogP contribution in [0.1, 0.15) is 59.8 Å². The number of nitrogens with zero attached hydrogens (tertiary/aromatic N) is 1. The third-order valence-corrected chi connectivity index (χ3v) is 2.91. The van der Waals surface area contributed by atoms with E-state index in [0.717, 1.165) is 19.5 Å². The highest BCUT2D eigenvalue weighted by Gasteiger charge is 2.11. The van der Waals surface area contributed by atoms with Crippen molar-refractivity contribution >= 4 is 6.03 Å². The Hall–Kier alpha value is -0.730. The molecule has 0 spiro atoms. The maximum atomic E-state index is 11.7. The van der Waals surface area contributed by atoms with Gasteiger partial charge in [0.2, 0.25) is 0 Å². The molecular weight excluding hydrogens is 200 g/mol. The molecule has 0 aromatic carbocycles. The summed E-state index contributed by atoms with van der Waals surface area (Å²) in [6.07, 6.45) is 6.15. The van der Waals surface area contributed by atoms with Crippen LogP contribution in [0.3, 0.4) is 0 Å². The van der Waals surface area contributed by atoms with Gasteiger partial charge in [0.25, 0.3) is 0 Å². The predicted octanol–water partition coefficient (Wildman–Crippen LogP) is 3.40. The van der Waals surface area contributed by atoms with Crippen LogP contribution >= 0.6 is 0 Å². The van der Waals surface area contributed by atoms with Crippen LogP contribution in [0.4, 0.5) is 4.79 Å². The van der Waals surface area contributed by atoms with E-state index in [9.17, 15) is 4.79 Å². The SMILES string of the molecule is CCCCCCC(C)NC(=O)N(CC)CC. The van der Waals surface area contributed by atoms with Crippen molar-refractivity contribution in [2.45, 2.75) is 65.8 Å². The van der Waals surface area contributed by atoms with Crippen molar-refractivity contribution < 1.29 is 4.79 Å². The van der Waals surface area contributed by atoms with E-state index < -0.39 is 0 Å². The van der Waals surface area contributed by atoms with Crippen LogP contribution in [0.5, 0.6) is 0 Å². The number of urea groups is 1. The van der Waals surface area contributed by atoms with Gasteiger partial charge in [0.05, 0.1) is 0 Å². The summed E-state index contributed by atoms with van der Waals surface area (Å²) in [6, 6.07) is 0.373.